The Morgan fingerprint density at radius 1 is 1.40 bits per heavy atom. The largest absolute Gasteiger partial charge is 0.481 e. The molecule has 4 heteroatoms. The van der Waals surface area contributed by atoms with Crippen LogP contribution >= 0.6 is 0 Å². The normalized spacial score (nSPS) is 26.6. The molecule has 0 aromatic heterocycles. The van der Waals surface area contributed by atoms with E-state index in [0.29, 0.717) is 12.8 Å². The summed E-state index contributed by atoms with van der Waals surface area (Å²) in [5.41, 5.74) is 0. The minimum absolute atomic E-state index is 0.101. The van der Waals surface area contributed by atoms with E-state index in [1.165, 1.54) is 0 Å². The van der Waals surface area contributed by atoms with Crippen LogP contribution < -0.4 is 0 Å². The van der Waals surface area contributed by atoms with Gasteiger partial charge in [-0.05, 0) is 19.3 Å². The van der Waals surface area contributed by atoms with Crippen LogP contribution in [0, 0.1) is 11.8 Å². The summed E-state index contributed by atoms with van der Waals surface area (Å²) in [4.78, 5) is 11.1. The molecule has 0 unspecified atom stereocenters. The van der Waals surface area contributed by atoms with Gasteiger partial charge in [-0.15, -0.1) is 0 Å². The number of hydrogen-bond acceptors (Lipinski definition) is 3. The summed E-state index contributed by atoms with van der Waals surface area (Å²) in [6, 6.07) is 0. The molecule has 0 aliphatic heterocycles. The lowest BCUT2D eigenvalue weighted by Crippen LogP contribution is -2.34. The fraction of sp³-hybridized carbons (Fsp3) is 0.727. The summed E-state index contributed by atoms with van der Waals surface area (Å²) in [5.74, 6) is -1.25. The van der Waals surface area contributed by atoms with E-state index in [0.717, 1.165) is 6.42 Å². The second-order valence-corrected chi connectivity index (χ2v) is 3.73. The van der Waals surface area contributed by atoms with E-state index in [-0.39, 0.29) is 11.8 Å². The number of carbonyl (C=O) groups is 1. The summed E-state index contributed by atoms with van der Waals surface area (Å²) >= 11 is 0. The van der Waals surface area contributed by atoms with Crippen molar-refractivity contribution in [2.75, 3.05) is 14.2 Å². The van der Waals surface area contributed by atoms with Gasteiger partial charge in [0.1, 0.15) is 0 Å². The first kappa shape index (κ1) is 12.2. The van der Waals surface area contributed by atoms with Crippen molar-refractivity contribution in [1.82, 2.24) is 0 Å². The van der Waals surface area contributed by atoms with E-state index < -0.39 is 12.3 Å². The van der Waals surface area contributed by atoms with Crippen LogP contribution in [0.4, 0.5) is 0 Å². The first-order valence-corrected chi connectivity index (χ1v) is 5.14. The third-order valence-electron chi connectivity index (χ3n) is 2.87. The van der Waals surface area contributed by atoms with Crippen molar-refractivity contribution in [2.24, 2.45) is 11.8 Å². The molecule has 0 aromatic rings. The molecule has 0 aromatic carbocycles. The molecule has 4 nitrogen and oxygen atoms in total. The van der Waals surface area contributed by atoms with E-state index in [9.17, 15) is 4.79 Å². The molecular formula is C11H18O4. The minimum atomic E-state index is -0.761. The lowest BCUT2D eigenvalue weighted by molar-refractivity contribution is -0.167. The zero-order chi connectivity index (χ0) is 11.3. The van der Waals surface area contributed by atoms with E-state index in [2.05, 4.69) is 0 Å². The Labute approximate surface area is 89.9 Å². The highest BCUT2D eigenvalue weighted by Crippen LogP contribution is 2.29. The van der Waals surface area contributed by atoms with Crippen molar-refractivity contribution in [3.05, 3.63) is 12.2 Å². The molecule has 0 spiro atoms. The van der Waals surface area contributed by atoms with E-state index in [4.69, 9.17) is 14.6 Å². The molecule has 0 amide bonds. The van der Waals surface area contributed by atoms with Crippen LogP contribution in [0.3, 0.4) is 0 Å². The van der Waals surface area contributed by atoms with Gasteiger partial charge in [0.2, 0.25) is 0 Å². The lowest BCUT2D eigenvalue weighted by Gasteiger charge is -2.27. The molecule has 0 saturated heterocycles. The monoisotopic (exact) mass is 214 g/mol. The third kappa shape index (κ3) is 3.04. The Bertz CT molecular complexity index is 233. The number of hydrogen-bond donors (Lipinski definition) is 1. The predicted octanol–water partition coefficient (Wildman–Crippen LogP) is 1.66. The van der Waals surface area contributed by atoms with Crippen molar-refractivity contribution < 1.29 is 19.4 Å². The predicted molar refractivity (Wildman–Crippen MR) is 55.4 cm³/mol. The van der Waals surface area contributed by atoms with Crippen LogP contribution in [-0.2, 0) is 14.3 Å². The van der Waals surface area contributed by atoms with Gasteiger partial charge in [0.25, 0.3) is 0 Å². The Kier molecular flexibility index (Phi) is 4.78. The van der Waals surface area contributed by atoms with E-state index >= 15 is 0 Å². The van der Waals surface area contributed by atoms with Crippen LogP contribution in [0.1, 0.15) is 19.3 Å². The molecule has 1 rings (SSSR count). The SMILES string of the molecule is COC(OC)[C@@H]1CC=CCC[C@@H]1C(=O)O. The maximum atomic E-state index is 11.1. The van der Waals surface area contributed by atoms with Gasteiger partial charge in [-0.2, -0.15) is 0 Å². The summed E-state index contributed by atoms with van der Waals surface area (Å²) in [7, 11) is 3.09. The smallest absolute Gasteiger partial charge is 0.306 e. The molecule has 1 aliphatic rings. The standard InChI is InChI=1S/C11H18O4/c1-14-11(15-2)9-7-5-3-4-6-8(9)10(12)13/h3,5,8-9,11H,4,6-7H2,1-2H3,(H,12,13)/t8-,9+/m0/s1. The Morgan fingerprint density at radius 3 is 2.60 bits per heavy atom. The highest BCUT2D eigenvalue weighted by atomic mass is 16.7. The highest BCUT2D eigenvalue weighted by molar-refractivity contribution is 5.70. The quantitative estimate of drug-likeness (QED) is 0.571. The number of allylic oxidation sites excluding steroid dienone is 2. The average Bonchev–Trinajstić information content (AvgIpc) is 2.45. The van der Waals surface area contributed by atoms with Crippen molar-refractivity contribution in [1.29, 1.82) is 0 Å². The zero-order valence-electron chi connectivity index (χ0n) is 9.18. The molecule has 15 heavy (non-hydrogen) atoms. The maximum Gasteiger partial charge on any atom is 0.306 e. The molecule has 0 saturated carbocycles. The Hall–Kier alpha value is -0.870. The zero-order valence-corrected chi connectivity index (χ0v) is 9.18. The summed E-state index contributed by atoms with van der Waals surface area (Å²) in [6.07, 6.45) is 5.77. The van der Waals surface area contributed by atoms with Gasteiger partial charge < -0.3 is 14.6 Å². The third-order valence-corrected chi connectivity index (χ3v) is 2.87. The summed E-state index contributed by atoms with van der Waals surface area (Å²) in [5, 5.41) is 9.13. The fourth-order valence-corrected chi connectivity index (χ4v) is 2.08. The number of rotatable bonds is 4. The van der Waals surface area contributed by atoms with Gasteiger partial charge in [0.05, 0.1) is 5.92 Å². The van der Waals surface area contributed by atoms with Gasteiger partial charge in [0, 0.05) is 20.1 Å². The Balaban J connectivity index is 2.77. The maximum absolute atomic E-state index is 11.1. The van der Waals surface area contributed by atoms with Crippen molar-refractivity contribution >= 4 is 5.97 Å². The van der Waals surface area contributed by atoms with E-state index in [1.807, 2.05) is 12.2 Å². The molecule has 2 atom stereocenters. The number of carboxylic acid groups (broad SMARTS) is 1. The number of ether oxygens (including phenoxy) is 2. The molecule has 1 N–H and O–H groups in total. The molecule has 0 radical (unpaired) electrons. The van der Waals surface area contributed by atoms with Crippen LogP contribution in [-0.4, -0.2) is 31.6 Å². The second kappa shape index (κ2) is 5.88. The van der Waals surface area contributed by atoms with Gasteiger partial charge in [-0.1, -0.05) is 12.2 Å². The van der Waals surface area contributed by atoms with Gasteiger partial charge in [0.15, 0.2) is 6.29 Å². The van der Waals surface area contributed by atoms with Crippen LogP contribution in [0.2, 0.25) is 0 Å². The fourth-order valence-electron chi connectivity index (χ4n) is 2.08. The van der Waals surface area contributed by atoms with Crippen molar-refractivity contribution in [3.63, 3.8) is 0 Å². The van der Waals surface area contributed by atoms with Crippen LogP contribution in [0.25, 0.3) is 0 Å². The highest BCUT2D eigenvalue weighted by Gasteiger charge is 2.34. The number of carboxylic acids is 1. The molecular weight excluding hydrogens is 196 g/mol. The van der Waals surface area contributed by atoms with Crippen molar-refractivity contribution in [2.45, 2.75) is 25.6 Å². The first-order chi connectivity index (χ1) is 7.20. The molecule has 86 valence electrons. The summed E-state index contributed by atoms with van der Waals surface area (Å²) in [6.45, 7) is 0. The van der Waals surface area contributed by atoms with Gasteiger partial charge >= 0.3 is 5.97 Å². The average molecular weight is 214 g/mol. The minimum Gasteiger partial charge on any atom is -0.481 e. The van der Waals surface area contributed by atoms with E-state index in [1.54, 1.807) is 14.2 Å². The number of aliphatic carboxylic acids is 1. The second-order valence-electron chi connectivity index (χ2n) is 3.73. The molecule has 0 bridgehead atoms. The molecule has 1 aliphatic carbocycles. The Morgan fingerprint density at radius 2 is 2.07 bits per heavy atom. The number of methoxy groups -OCH3 is 2. The van der Waals surface area contributed by atoms with Crippen LogP contribution in [0.5, 0.6) is 0 Å². The molecule has 0 heterocycles. The lowest BCUT2D eigenvalue weighted by atomic mass is 9.87. The van der Waals surface area contributed by atoms with Crippen LogP contribution in [0.15, 0.2) is 12.2 Å². The first-order valence-electron chi connectivity index (χ1n) is 5.14. The topological polar surface area (TPSA) is 55.8 Å². The van der Waals surface area contributed by atoms with Gasteiger partial charge in [-0.25, -0.2) is 0 Å². The van der Waals surface area contributed by atoms with Crippen molar-refractivity contribution in [3.8, 4) is 0 Å². The summed E-state index contributed by atoms with van der Waals surface area (Å²) < 4.78 is 10.3. The van der Waals surface area contributed by atoms with Gasteiger partial charge in [-0.3, -0.25) is 4.79 Å². The molecule has 0 fully saturated rings.